The van der Waals surface area contributed by atoms with Gasteiger partial charge in [-0.25, -0.2) is 4.79 Å². The Morgan fingerprint density at radius 2 is 1.41 bits per heavy atom. The average Bonchev–Trinajstić information content (AvgIpc) is 2.56. The Labute approximate surface area is 156 Å². The number of carbonyl (C=O) groups is 5. The molecule has 0 aliphatic heterocycles. The number of rotatable bonds is 11. The molecule has 0 rings (SSSR count). The first-order valence-corrected chi connectivity index (χ1v) is 8.19. The van der Waals surface area contributed by atoms with Crippen LogP contribution in [0.25, 0.3) is 0 Å². The predicted octanol–water partition coefficient (Wildman–Crippen LogP) is -3.60. The van der Waals surface area contributed by atoms with Gasteiger partial charge in [0.2, 0.25) is 23.6 Å². The molecule has 0 spiro atoms. The van der Waals surface area contributed by atoms with Gasteiger partial charge in [0.05, 0.1) is 19.1 Å². The monoisotopic (exact) mass is 389 g/mol. The fourth-order valence-corrected chi connectivity index (χ4v) is 1.84. The first-order valence-electron chi connectivity index (χ1n) is 8.19. The zero-order valence-corrected chi connectivity index (χ0v) is 15.4. The maximum absolute atomic E-state index is 12.2. The number of aliphatic hydroxyl groups excluding tert-OH is 1. The number of amides is 4. The van der Waals surface area contributed by atoms with Crippen LogP contribution < -0.4 is 27.4 Å². The number of nitrogens with one attached hydrogen (secondary N) is 3. The van der Waals surface area contributed by atoms with Gasteiger partial charge in [-0.2, -0.15) is 0 Å². The highest BCUT2D eigenvalue weighted by Gasteiger charge is 2.29. The van der Waals surface area contributed by atoms with E-state index in [4.69, 9.17) is 21.7 Å². The van der Waals surface area contributed by atoms with E-state index in [-0.39, 0.29) is 5.92 Å². The lowest BCUT2D eigenvalue weighted by molar-refractivity contribution is -0.143. The number of aliphatic hydroxyl groups is 1. The molecule has 154 valence electrons. The van der Waals surface area contributed by atoms with Crippen molar-refractivity contribution >= 4 is 29.6 Å². The summed E-state index contributed by atoms with van der Waals surface area (Å²) in [4.78, 5) is 58.2. The highest BCUT2D eigenvalue weighted by molar-refractivity contribution is 5.95. The molecular weight excluding hydrogens is 362 g/mol. The van der Waals surface area contributed by atoms with Crippen LogP contribution in [0.15, 0.2) is 0 Å². The summed E-state index contributed by atoms with van der Waals surface area (Å²) in [5.74, 6) is -5.00. The van der Waals surface area contributed by atoms with Crippen LogP contribution in [-0.2, 0) is 24.0 Å². The Balaban J connectivity index is 5.04. The van der Waals surface area contributed by atoms with Gasteiger partial charge in [-0.1, -0.05) is 13.8 Å². The summed E-state index contributed by atoms with van der Waals surface area (Å²) >= 11 is 0. The third kappa shape index (κ3) is 8.46. The highest BCUT2D eigenvalue weighted by atomic mass is 16.4. The largest absolute Gasteiger partial charge is 0.480 e. The molecule has 0 saturated carbocycles. The van der Waals surface area contributed by atoms with E-state index in [1.165, 1.54) is 6.92 Å². The second-order valence-corrected chi connectivity index (χ2v) is 6.31. The van der Waals surface area contributed by atoms with Crippen LogP contribution >= 0.6 is 0 Å². The van der Waals surface area contributed by atoms with E-state index in [2.05, 4.69) is 10.6 Å². The molecule has 9 N–H and O–H groups in total. The molecule has 0 aromatic heterocycles. The summed E-state index contributed by atoms with van der Waals surface area (Å²) in [6, 6.07) is -5.03. The molecule has 0 aliphatic carbocycles. The molecule has 0 aromatic rings. The highest BCUT2D eigenvalue weighted by Crippen LogP contribution is 2.00. The molecule has 4 atom stereocenters. The van der Waals surface area contributed by atoms with Crippen molar-refractivity contribution in [1.29, 1.82) is 0 Å². The number of carbonyl (C=O) groups excluding carboxylic acids is 4. The van der Waals surface area contributed by atoms with E-state index >= 15 is 0 Å². The minimum absolute atomic E-state index is 0.167. The van der Waals surface area contributed by atoms with Gasteiger partial charge in [-0.15, -0.1) is 0 Å². The maximum Gasteiger partial charge on any atom is 0.328 e. The summed E-state index contributed by atoms with van der Waals surface area (Å²) < 4.78 is 0. The minimum atomic E-state index is -1.62. The molecule has 0 aromatic carbocycles. The van der Waals surface area contributed by atoms with Gasteiger partial charge in [0, 0.05) is 0 Å². The molecule has 0 heterocycles. The molecule has 4 unspecified atom stereocenters. The Bertz CT molecular complexity index is 581. The lowest BCUT2D eigenvalue weighted by atomic mass is 10.0. The van der Waals surface area contributed by atoms with Crippen molar-refractivity contribution in [2.75, 3.05) is 6.61 Å². The van der Waals surface area contributed by atoms with E-state index in [9.17, 15) is 24.0 Å². The topological polar surface area (TPSA) is 214 Å². The Hall–Kier alpha value is -2.73. The molecule has 12 heteroatoms. The van der Waals surface area contributed by atoms with E-state index < -0.39 is 66.8 Å². The van der Waals surface area contributed by atoms with Crippen molar-refractivity contribution in [3.05, 3.63) is 0 Å². The minimum Gasteiger partial charge on any atom is -0.480 e. The van der Waals surface area contributed by atoms with E-state index in [0.29, 0.717) is 0 Å². The molecular formula is C15H27N5O7. The van der Waals surface area contributed by atoms with Gasteiger partial charge in [0.15, 0.2) is 0 Å². The first kappa shape index (κ1) is 24.3. The fraction of sp³-hybridized carbons (Fsp3) is 0.667. The SMILES string of the molecule is CC(NC(=O)C(N)C(C)C)C(=O)NC(CC(N)=O)C(=O)NC(CO)C(=O)O. The third-order valence-electron chi connectivity index (χ3n) is 3.61. The van der Waals surface area contributed by atoms with Crippen LogP contribution in [0.3, 0.4) is 0 Å². The standard InChI is InChI=1S/C15H27N5O7/c1-6(2)11(17)14(25)18-7(3)12(23)19-8(4-10(16)22)13(24)20-9(5-21)15(26)27/h6-9,11,21H,4-5,17H2,1-3H3,(H2,16,22)(H,18,25)(H,19,23)(H,20,24)(H,26,27). The van der Waals surface area contributed by atoms with Crippen molar-refractivity contribution < 1.29 is 34.2 Å². The van der Waals surface area contributed by atoms with Crippen molar-refractivity contribution in [3.63, 3.8) is 0 Å². The lowest BCUT2D eigenvalue weighted by Gasteiger charge is -2.23. The number of carboxylic acids is 1. The zero-order valence-electron chi connectivity index (χ0n) is 15.4. The first-order chi connectivity index (χ1) is 12.4. The van der Waals surface area contributed by atoms with Crippen molar-refractivity contribution in [2.24, 2.45) is 17.4 Å². The van der Waals surface area contributed by atoms with Crippen LogP contribution in [0, 0.1) is 5.92 Å². The van der Waals surface area contributed by atoms with Gasteiger partial charge >= 0.3 is 5.97 Å². The fourth-order valence-electron chi connectivity index (χ4n) is 1.84. The number of hydrogen-bond donors (Lipinski definition) is 7. The number of aliphatic carboxylic acids is 1. The summed E-state index contributed by atoms with van der Waals surface area (Å²) in [6.07, 6.45) is -0.610. The molecule has 27 heavy (non-hydrogen) atoms. The molecule has 0 saturated heterocycles. The van der Waals surface area contributed by atoms with Gasteiger partial charge in [-0.05, 0) is 12.8 Å². The van der Waals surface area contributed by atoms with Crippen LogP contribution in [0.5, 0.6) is 0 Å². The second kappa shape index (κ2) is 11.1. The maximum atomic E-state index is 12.2. The number of carboxylic acid groups (broad SMARTS) is 1. The molecule has 0 aliphatic rings. The van der Waals surface area contributed by atoms with Crippen molar-refractivity contribution in [2.45, 2.75) is 51.4 Å². The van der Waals surface area contributed by atoms with Crippen LogP contribution in [0.4, 0.5) is 0 Å². The summed E-state index contributed by atoms with van der Waals surface area (Å²) in [7, 11) is 0. The second-order valence-electron chi connectivity index (χ2n) is 6.31. The molecule has 0 radical (unpaired) electrons. The molecule has 4 amide bonds. The van der Waals surface area contributed by atoms with E-state index in [1.807, 2.05) is 5.32 Å². The number of primary amides is 1. The smallest absolute Gasteiger partial charge is 0.328 e. The number of nitrogens with two attached hydrogens (primary N) is 2. The molecule has 0 fully saturated rings. The van der Waals surface area contributed by atoms with Crippen LogP contribution in [-0.4, -0.2) is 70.6 Å². The van der Waals surface area contributed by atoms with Gasteiger partial charge < -0.3 is 37.6 Å². The van der Waals surface area contributed by atoms with Gasteiger partial charge in [0.25, 0.3) is 0 Å². The van der Waals surface area contributed by atoms with Crippen molar-refractivity contribution in [3.8, 4) is 0 Å². The predicted molar refractivity (Wildman–Crippen MR) is 92.8 cm³/mol. The van der Waals surface area contributed by atoms with Crippen LogP contribution in [0.1, 0.15) is 27.2 Å². The van der Waals surface area contributed by atoms with Gasteiger partial charge in [0.1, 0.15) is 18.1 Å². The lowest BCUT2D eigenvalue weighted by Crippen LogP contribution is -2.57. The Morgan fingerprint density at radius 1 is 0.889 bits per heavy atom. The Morgan fingerprint density at radius 3 is 1.81 bits per heavy atom. The number of hydrogen-bond acceptors (Lipinski definition) is 7. The molecule has 0 bridgehead atoms. The summed E-state index contributed by atoms with van der Waals surface area (Å²) in [5.41, 5.74) is 10.7. The molecule has 12 nitrogen and oxygen atoms in total. The van der Waals surface area contributed by atoms with E-state index in [1.54, 1.807) is 13.8 Å². The zero-order chi connectivity index (χ0) is 21.3. The summed E-state index contributed by atoms with van der Waals surface area (Å²) in [6.45, 7) is 3.90. The van der Waals surface area contributed by atoms with Crippen molar-refractivity contribution in [1.82, 2.24) is 16.0 Å². The van der Waals surface area contributed by atoms with Gasteiger partial charge in [-0.3, -0.25) is 19.2 Å². The normalized spacial score (nSPS) is 15.2. The third-order valence-corrected chi connectivity index (χ3v) is 3.61. The summed E-state index contributed by atoms with van der Waals surface area (Å²) in [5, 5.41) is 24.3. The average molecular weight is 389 g/mol. The Kier molecular flexibility index (Phi) is 9.96. The van der Waals surface area contributed by atoms with Crippen LogP contribution in [0.2, 0.25) is 0 Å². The van der Waals surface area contributed by atoms with E-state index in [0.717, 1.165) is 0 Å². The quantitative estimate of drug-likeness (QED) is 0.187.